The number of carbonyl (C=O) groups excluding carboxylic acids is 2. The normalized spacial score (nSPS) is 12.7. The Hall–Kier alpha value is -3.00. The van der Waals surface area contributed by atoms with Gasteiger partial charge in [0.1, 0.15) is 0 Å². The molecule has 3 aromatic carbocycles. The SMILES string of the molecule is O=C1c2ccccc2C(=O)c2c(CCc3ccccc3)cccc21. The highest BCUT2D eigenvalue weighted by Gasteiger charge is 2.30. The molecule has 0 heterocycles. The third-order valence-electron chi connectivity index (χ3n) is 4.56. The lowest BCUT2D eigenvalue weighted by atomic mass is 9.81. The van der Waals surface area contributed by atoms with Crippen LogP contribution in [-0.2, 0) is 12.8 Å². The van der Waals surface area contributed by atoms with Crippen LogP contribution in [0.3, 0.4) is 0 Å². The molecule has 0 N–H and O–H groups in total. The van der Waals surface area contributed by atoms with Crippen molar-refractivity contribution in [2.75, 3.05) is 0 Å². The zero-order valence-corrected chi connectivity index (χ0v) is 13.2. The topological polar surface area (TPSA) is 34.1 Å². The van der Waals surface area contributed by atoms with Gasteiger partial charge in [0.15, 0.2) is 11.6 Å². The third-order valence-corrected chi connectivity index (χ3v) is 4.56. The van der Waals surface area contributed by atoms with Crippen molar-refractivity contribution < 1.29 is 9.59 Å². The standard InChI is InChI=1S/C22H16O2/c23-21-17-10-4-5-11-18(17)22(24)20-16(9-6-12-19(20)21)14-13-15-7-2-1-3-8-15/h1-12H,13-14H2. The Balaban J connectivity index is 1.74. The zero-order valence-electron chi connectivity index (χ0n) is 13.2. The van der Waals surface area contributed by atoms with Gasteiger partial charge >= 0.3 is 0 Å². The molecule has 3 aromatic rings. The van der Waals surface area contributed by atoms with E-state index in [1.807, 2.05) is 36.4 Å². The Morgan fingerprint density at radius 3 is 1.92 bits per heavy atom. The monoisotopic (exact) mass is 312 g/mol. The van der Waals surface area contributed by atoms with Crippen LogP contribution in [0, 0.1) is 0 Å². The number of carbonyl (C=O) groups is 2. The van der Waals surface area contributed by atoms with Crippen LogP contribution < -0.4 is 0 Å². The number of hydrogen-bond donors (Lipinski definition) is 0. The van der Waals surface area contributed by atoms with Crippen LogP contribution >= 0.6 is 0 Å². The summed E-state index contributed by atoms with van der Waals surface area (Å²) in [6, 6.07) is 22.9. The minimum absolute atomic E-state index is 0.0381. The van der Waals surface area contributed by atoms with Crippen molar-refractivity contribution in [2.24, 2.45) is 0 Å². The molecule has 0 atom stereocenters. The molecular formula is C22H16O2. The smallest absolute Gasteiger partial charge is 0.194 e. The minimum Gasteiger partial charge on any atom is -0.289 e. The van der Waals surface area contributed by atoms with E-state index in [2.05, 4.69) is 12.1 Å². The number of fused-ring (bicyclic) bond motifs is 2. The molecule has 0 saturated heterocycles. The number of ketones is 2. The molecule has 2 heteroatoms. The quantitative estimate of drug-likeness (QED) is 0.567. The minimum atomic E-state index is -0.0539. The molecule has 0 bridgehead atoms. The molecule has 0 radical (unpaired) electrons. The highest BCUT2D eigenvalue weighted by atomic mass is 16.1. The average molecular weight is 312 g/mol. The second kappa shape index (κ2) is 5.89. The Labute approximate surface area is 140 Å². The first-order valence-corrected chi connectivity index (χ1v) is 8.10. The second-order valence-corrected chi connectivity index (χ2v) is 6.03. The van der Waals surface area contributed by atoms with E-state index in [9.17, 15) is 9.59 Å². The molecule has 24 heavy (non-hydrogen) atoms. The Bertz CT molecular complexity index is 939. The van der Waals surface area contributed by atoms with Crippen molar-refractivity contribution in [3.05, 3.63) is 106 Å². The molecular weight excluding hydrogens is 296 g/mol. The van der Waals surface area contributed by atoms with Crippen LogP contribution in [0.15, 0.2) is 72.8 Å². The Kier molecular flexibility index (Phi) is 3.58. The van der Waals surface area contributed by atoms with Crippen molar-refractivity contribution in [3.63, 3.8) is 0 Å². The largest absolute Gasteiger partial charge is 0.289 e. The molecule has 0 spiro atoms. The van der Waals surface area contributed by atoms with E-state index >= 15 is 0 Å². The lowest BCUT2D eigenvalue weighted by Gasteiger charge is -2.20. The molecule has 0 saturated carbocycles. The van der Waals surface area contributed by atoms with Crippen LogP contribution in [-0.4, -0.2) is 11.6 Å². The van der Waals surface area contributed by atoms with Crippen molar-refractivity contribution in [2.45, 2.75) is 12.8 Å². The maximum atomic E-state index is 12.9. The molecule has 0 aromatic heterocycles. The van der Waals surface area contributed by atoms with Gasteiger partial charge in [-0.2, -0.15) is 0 Å². The van der Waals surface area contributed by atoms with Crippen molar-refractivity contribution in [1.82, 2.24) is 0 Å². The number of hydrogen-bond acceptors (Lipinski definition) is 2. The van der Waals surface area contributed by atoms with Crippen molar-refractivity contribution in [3.8, 4) is 0 Å². The number of aryl methyl sites for hydroxylation is 2. The summed E-state index contributed by atoms with van der Waals surface area (Å²) in [5.74, 6) is -0.0920. The summed E-state index contributed by atoms with van der Waals surface area (Å²) in [7, 11) is 0. The fraction of sp³-hybridized carbons (Fsp3) is 0.0909. The van der Waals surface area contributed by atoms with Gasteiger partial charge in [-0.25, -0.2) is 0 Å². The summed E-state index contributed by atoms with van der Waals surface area (Å²) in [6.07, 6.45) is 1.59. The van der Waals surface area contributed by atoms with Gasteiger partial charge in [0.05, 0.1) is 0 Å². The fourth-order valence-corrected chi connectivity index (χ4v) is 3.35. The first kappa shape index (κ1) is 14.6. The lowest BCUT2D eigenvalue weighted by molar-refractivity contribution is 0.0978. The summed E-state index contributed by atoms with van der Waals surface area (Å²) in [4.78, 5) is 25.7. The van der Waals surface area contributed by atoms with Crippen molar-refractivity contribution in [1.29, 1.82) is 0 Å². The number of rotatable bonds is 3. The van der Waals surface area contributed by atoms with Gasteiger partial charge in [-0.15, -0.1) is 0 Å². The summed E-state index contributed by atoms with van der Waals surface area (Å²) < 4.78 is 0. The van der Waals surface area contributed by atoms with Crippen LogP contribution in [0.2, 0.25) is 0 Å². The second-order valence-electron chi connectivity index (χ2n) is 6.03. The van der Waals surface area contributed by atoms with Gasteiger partial charge in [0.2, 0.25) is 0 Å². The molecule has 0 unspecified atom stereocenters. The lowest BCUT2D eigenvalue weighted by Crippen LogP contribution is -2.22. The molecule has 0 aliphatic heterocycles. The summed E-state index contributed by atoms with van der Waals surface area (Å²) >= 11 is 0. The zero-order chi connectivity index (χ0) is 16.5. The van der Waals surface area contributed by atoms with E-state index < -0.39 is 0 Å². The molecule has 2 nitrogen and oxygen atoms in total. The van der Waals surface area contributed by atoms with Gasteiger partial charge in [-0.3, -0.25) is 9.59 Å². The van der Waals surface area contributed by atoms with Crippen LogP contribution in [0.1, 0.15) is 43.0 Å². The molecule has 116 valence electrons. The molecule has 0 amide bonds. The van der Waals surface area contributed by atoms with Gasteiger partial charge in [0, 0.05) is 22.3 Å². The summed E-state index contributed by atoms with van der Waals surface area (Å²) in [5.41, 5.74) is 4.31. The van der Waals surface area contributed by atoms with E-state index in [1.54, 1.807) is 24.3 Å². The summed E-state index contributed by atoms with van der Waals surface area (Å²) in [5, 5.41) is 0. The molecule has 0 fully saturated rings. The van der Waals surface area contributed by atoms with E-state index in [1.165, 1.54) is 5.56 Å². The van der Waals surface area contributed by atoms with Gasteiger partial charge in [0.25, 0.3) is 0 Å². The molecule has 1 aliphatic carbocycles. The van der Waals surface area contributed by atoms with Crippen LogP contribution in [0.4, 0.5) is 0 Å². The fourth-order valence-electron chi connectivity index (χ4n) is 3.35. The Morgan fingerprint density at radius 2 is 1.17 bits per heavy atom. The average Bonchev–Trinajstić information content (AvgIpc) is 2.65. The first-order chi connectivity index (χ1) is 11.8. The number of benzene rings is 3. The maximum absolute atomic E-state index is 12.9. The van der Waals surface area contributed by atoms with E-state index in [-0.39, 0.29) is 11.6 Å². The van der Waals surface area contributed by atoms with E-state index in [0.717, 1.165) is 18.4 Å². The van der Waals surface area contributed by atoms with E-state index in [4.69, 9.17) is 0 Å². The van der Waals surface area contributed by atoms with Gasteiger partial charge in [-0.1, -0.05) is 72.8 Å². The van der Waals surface area contributed by atoms with Crippen molar-refractivity contribution >= 4 is 11.6 Å². The van der Waals surface area contributed by atoms with Gasteiger partial charge < -0.3 is 0 Å². The third kappa shape index (κ3) is 2.37. The highest BCUT2D eigenvalue weighted by molar-refractivity contribution is 6.28. The van der Waals surface area contributed by atoms with E-state index in [0.29, 0.717) is 22.3 Å². The molecule has 1 aliphatic rings. The predicted molar refractivity (Wildman–Crippen MR) is 93.6 cm³/mol. The Morgan fingerprint density at radius 1 is 0.542 bits per heavy atom. The highest BCUT2D eigenvalue weighted by Crippen LogP contribution is 2.30. The maximum Gasteiger partial charge on any atom is 0.194 e. The van der Waals surface area contributed by atoms with Crippen LogP contribution in [0.25, 0.3) is 0 Å². The van der Waals surface area contributed by atoms with Gasteiger partial charge in [-0.05, 0) is 24.0 Å². The summed E-state index contributed by atoms with van der Waals surface area (Å²) in [6.45, 7) is 0. The van der Waals surface area contributed by atoms with Crippen LogP contribution in [0.5, 0.6) is 0 Å². The predicted octanol–water partition coefficient (Wildman–Crippen LogP) is 4.25. The molecule has 4 rings (SSSR count). The first-order valence-electron chi connectivity index (χ1n) is 8.10.